The molecule has 0 saturated carbocycles. The first-order valence-electron chi connectivity index (χ1n) is 6.89. The molecule has 1 aromatic rings. The van der Waals surface area contributed by atoms with E-state index in [2.05, 4.69) is 35.9 Å². The minimum atomic E-state index is -0.283. The van der Waals surface area contributed by atoms with Gasteiger partial charge in [0.15, 0.2) is 11.5 Å². The summed E-state index contributed by atoms with van der Waals surface area (Å²) < 4.78 is 11.3. The van der Waals surface area contributed by atoms with Crippen LogP contribution in [-0.4, -0.2) is 49.6 Å². The Balaban J connectivity index is 2.31. The Labute approximate surface area is 143 Å². The molecule has 1 aromatic heterocycles. The van der Waals surface area contributed by atoms with Crippen molar-refractivity contribution in [1.29, 1.82) is 0 Å². The SMILES string of the molecule is O=C(NCCS)c1sc(C(=O)NCCS)c2c1OCCCO2. The Hall–Kier alpha value is -1.06. The van der Waals surface area contributed by atoms with Gasteiger partial charge in [-0.2, -0.15) is 25.3 Å². The van der Waals surface area contributed by atoms with Crippen LogP contribution in [0.5, 0.6) is 11.5 Å². The summed E-state index contributed by atoms with van der Waals surface area (Å²) in [5.41, 5.74) is 0. The van der Waals surface area contributed by atoms with E-state index in [1.165, 1.54) is 0 Å². The molecule has 0 aliphatic carbocycles. The van der Waals surface area contributed by atoms with Crippen LogP contribution in [0, 0.1) is 0 Å². The molecule has 0 saturated heterocycles. The third kappa shape index (κ3) is 4.02. The van der Waals surface area contributed by atoms with Crippen molar-refractivity contribution in [2.45, 2.75) is 6.42 Å². The maximum absolute atomic E-state index is 12.2. The van der Waals surface area contributed by atoms with Crippen molar-refractivity contribution in [3.05, 3.63) is 9.75 Å². The summed E-state index contributed by atoms with van der Waals surface area (Å²) >= 11 is 9.20. The Morgan fingerprint density at radius 3 is 1.82 bits per heavy atom. The number of thiophene rings is 1. The molecule has 122 valence electrons. The van der Waals surface area contributed by atoms with Crippen LogP contribution in [0.15, 0.2) is 0 Å². The molecule has 1 aliphatic heterocycles. The summed E-state index contributed by atoms with van der Waals surface area (Å²) in [7, 11) is 0. The first-order chi connectivity index (χ1) is 10.7. The zero-order chi connectivity index (χ0) is 15.9. The second kappa shape index (κ2) is 8.54. The monoisotopic (exact) mass is 362 g/mol. The summed E-state index contributed by atoms with van der Waals surface area (Å²) in [6.45, 7) is 1.79. The van der Waals surface area contributed by atoms with E-state index in [4.69, 9.17) is 9.47 Å². The van der Waals surface area contributed by atoms with Gasteiger partial charge < -0.3 is 20.1 Å². The van der Waals surface area contributed by atoms with Crippen LogP contribution in [0.4, 0.5) is 0 Å². The van der Waals surface area contributed by atoms with Gasteiger partial charge in [0, 0.05) is 31.0 Å². The van der Waals surface area contributed by atoms with Crippen molar-refractivity contribution in [1.82, 2.24) is 10.6 Å². The number of ether oxygens (including phenoxy) is 2. The van der Waals surface area contributed by atoms with Crippen molar-refractivity contribution >= 4 is 48.4 Å². The fourth-order valence-electron chi connectivity index (χ4n) is 1.87. The molecule has 2 N–H and O–H groups in total. The second-order valence-corrected chi connectivity index (χ2v) is 6.34. The summed E-state index contributed by atoms with van der Waals surface area (Å²) in [5.74, 6) is 1.21. The average Bonchev–Trinajstić information content (AvgIpc) is 2.72. The highest BCUT2D eigenvalue weighted by Gasteiger charge is 2.30. The molecule has 0 bridgehead atoms. The van der Waals surface area contributed by atoms with Crippen molar-refractivity contribution in [3.63, 3.8) is 0 Å². The number of amides is 2. The van der Waals surface area contributed by atoms with E-state index < -0.39 is 0 Å². The van der Waals surface area contributed by atoms with Crippen LogP contribution < -0.4 is 20.1 Å². The molecule has 2 rings (SSSR count). The van der Waals surface area contributed by atoms with Gasteiger partial charge in [-0.25, -0.2) is 0 Å². The van der Waals surface area contributed by atoms with Gasteiger partial charge in [-0.05, 0) is 0 Å². The van der Waals surface area contributed by atoms with E-state index in [1.54, 1.807) is 0 Å². The number of thiol groups is 2. The molecule has 0 spiro atoms. The number of rotatable bonds is 6. The minimum absolute atomic E-state index is 0.283. The van der Waals surface area contributed by atoms with E-state index in [-0.39, 0.29) is 11.8 Å². The largest absolute Gasteiger partial charge is 0.488 e. The molecule has 0 unspecified atom stereocenters. The van der Waals surface area contributed by atoms with E-state index in [1.807, 2.05) is 0 Å². The standard InChI is InChI=1S/C13H18N2O4S3/c16-12(14-2-6-20)10-8-9(19-5-1-4-18-8)11(22-10)13(17)15-3-7-21/h20-21H,1-7H2,(H,14,16)(H,15,17). The molecule has 0 fully saturated rings. The molecule has 0 radical (unpaired) electrons. The van der Waals surface area contributed by atoms with E-state index in [0.717, 1.165) is 11.3 Å². The Bertz CT molecular complexity index is 503. The number of nitrogens with one attached hydrogen (secondary N) is 2. The number of hydrogen-bond acceptors (Lipinski definition) is 7. The Kier molecular flexibility index (Phi) is 6.71. The lowest BCUT2D eigenvalue weighted by Crippen LogP contribution is -2.25. The number of carbonyl (C=O) groups is 2. The van der Waals surface area contributed by atoms with Gasteiger partial charge in [0.1, 0.15) is 9.75 Å². The van der Waals surface area contributed by atoms with E-state index in [0.29, 0.717) is 65.5 Å². The Morgan fingerprint density at radius 1 is 0.955 bits per heavy atom. The number of hydrogen-bond donors (Lipinski definition) is 4. The predicted molar refractivity (Wildman–Crippen MR) is 92.3 cm³/mol. The van der Waals surface area contributed by atoms with E-state index >= 15 is 0 Å². The van der Waals surface area contributed by atoms with Gasteiger partial charge in [0.05, 0.1) is 13.2 Å². The summed E-state index contributed by atoms with van der Waals surface area (Å²) in [4.78, 5) is 25.2. The predicted octanol–water partition coefficient (Wildman–Crippen LogP) is 1.23. The van der Waals surface area contributed by atoms with Gasteiger partial charge in [-0.1, -0.05) is 0 Å². The van der Waals surface area contributed by atoms with Crippen LogP contribution in [0.1, 0.15) is 25.8 Å². The number of fused-ring (bicyclic) bond motifs is 1. The van der Waals surface area contributed by atoms with Crippen molar-refractivity contribution < 1.29 is 19.1 Å². The summed E-state index contributed by atoms with van der Waals surface area (Å²) in [6.07, 6.45) is 0.703. The maximum Gasteiger partial charge on any atom is 0.265 e. The molecular formula is C13H18N2O4S3. The molecule has 1 aliphatic rings. The van der Waals surface area contributed by atoms with E-state index in [9.17, 15) is 9.59 Å². The van der Waals surface area contributed by atoms with Crippen LogP contribution in [0.25, 0.3) is 0 Å². The highest BCUT2D eigenvalue weighted by Crippen LogP contribution is 2.43. The zero-order valence-electron chi connectivity index (χ0n) is 11.9. The molecule has 22 heavy (non-hydrogen) atoms. The van der Waals surface area contributed by atoms with Gasteiger partial charge in [-0.3, -0.25) is 9.59 Å². The average molecular weight is 362 g/mol. The first-order valence-corrected chi connectivity index (χ1v) is 8.97. The summed E-state index contributed by atoms with van der Waals surface area (Å²) in [6, 6.07) is 0. The fourth-order valence-corrected chi connectivity index (χ4v) is 3.12. The quantitative estimate of drug-likeness (QED) is 0.574. The topological polar surface area (TPSA) is 76.7 Å². The molecule has 0 aromatic carbocycles. The van der Waals surface area contributed by atoms with Gasteiger partial charge in [0.2, 0.25) is 0 Å². The van der Waals surface area contributed by atoms with Crippen LogP contribution in [-0.2, 0) is 0 Å². The van der Waals surface area contributed by atoms with Gasteiger partial charge in [-0.15, -0.1) is 11.3 Å². The molecule has 9 heteroatoms. The molecular weight excluding hydrogens is 344 g/mol. The lowest BCUT2D eigenvalue weighted by Gasteiger charge is -2.06. The zero-order valence-corrected chi connectivity index (χ0v) is 14.5. The summed E-state index contributed by atoms with van der Waals surface area (Å²) in [5, 5.41) is 5.46. The fraction of sp³-hybridized carbons (Fsp3) is 0.538. The lowest BCUT2D eigenvalue weighted by atomic mass is 10.3. The molecule has 0 atom stereocenters. The van der Waals surface area contributed by atoms with Crippen LogP contribution in [0.2, 0.25) is 0 Å². The minimum Gasteiger partial charge on any atom is -0.488 e. The normalized spacial score (nSPS) is 13.4. The van der Waals surface area contributed by atoms with Gasteiger partial charge in [0.25, 0.3) is 11.8 Å². The van der Waals surface area contributed by atoms with Crippen LogP contribution >= 0.6 is 36.6 Å². The van der Waals surface area contributed by atoms with Crippen molar-refractivity contribution in [3.8, 4) is 11.5 Å². The smallest absolute Gasteiger partial charge is 0.265 e. The molecule has 2 heterocycles. The third-order valence-corrected chi connectivity index (χ3v) is 4.41. The third-order valence-electron chi connectivity index (χ3n) is 2.81. The number of carbonyl (C=O) groups excluding carboxylic acids is 2. The maximum atomic E-state index is 12.2. The first kappa shape index (κ1) is 17.3. The van der Waals surface area contributed by atoms with Crippen molar-refractivity contribution in [2.75, 3.05) is 37.8 Å². The lowest BCUT2D eigenvalue weighted by molar-refractivity contribution is 0.0948. The Morgan fingerprint density at radius 2 is 1.41 bits per heavy atom. The highest BCUT2D eigenvalue weighted by molar-refractivity contribution is 7.80. The van der Waals surface area contributed by atoms with Gasteiger partial charge >= 0.3 is 0 Å². The van der Waals surface area contributed by atoms with Crippen LogP contribution in [0.3, 0.4) is 0 Å². The van der Waals surface area contributed by atoms with Crippen molar-refractivity contribution in [2.24, 2.45) is 0 Å². The highest BCUT2D eigenvalue weighted by atomic mass is 32.1. The second-order valence-electron chi connectivity index (χ2n) is 4.43. The molecule has 6 nitrogen and oxygen atoms in total. The molecule has 2 amide bonds.